The largest absolute Gasteiger partial charge is 0.343 e. The van der Waals surface area contributed by atoms with Crippen LogP contribution in [-0.2, 0) is 9.59 Å². The predicted molar refractivity (Wildman–Crippen MR) is 77.8 cm³/mol. The van der Waals surface area contributed by atoms with E-state index in [2.05, 4.69) is 21.2 Å². The Bertz CT molecular complexity index is 562. The molecule has 1 saturated heterocycles. The Balaban J connectivity index is 2.52. The highest BCUT2D eigenvalue weighted by Gasteiger charge is 2.41. The summed E-state index contributed by atoms with van der Waals surface area (Å²) in [6, 6.07) is 2.90. The van der Waals surface area contributed by atoms with E-state index in [9.17, 15) is 14.0 Å². The highest BCUT2D eigenvalue weighted by Crippen LogP contribution is 2.32. The van der Waals surface area contributed by atoms with E-state index in [1.165, 1.54) is 23.1 Å². The number of benzene rings is 1. The number of carbonyl (C=O) groups is 2. The molecular formula is C14H16BrFN2O2. The van der Waals surface area contributed by atoms with Crippen molar-refractivity contribution in [2.24, 2.45) is 5.92 Å². The maximum Gasteiger partial charge on any atom is 0.250 e. The van der Waals surface area contributed by atoms with Crippen LogP contribution in [0.4, 0.5) is 10.1 Å². The Kier molecular flexibility index (Phi) is 4.13. The van der Waals surface area contributed by atoms with Crippen molar-refractivity contribution in [3.05, 3.63) is 28.5 Å². The van der Waals surface area contributed by atoms with Crippen LogP contribution in [0.3, 0.4) is 0 Å². The maximum atomic E-state index is 13.2. The molecule has 1 aliphatic heterocycles. The predicted octanol–water partition coefficient (Wildman–Crippen LogP) is 2.46. The molecule has 20 heavy (non-hydrogen) atoms. The van der Waals surface area contributed by atoms with Crippen LogP contribution >= 0.6 is 15.9 Å². The van der Waals surface area contributed by atoms with Gasteiger partial charge in [-0.2, -0.15) is 0 Å². The van der Waals surface area contributed by atoms with Crippen LogP contribution in [0.5, 0.6) is 0 Å². The third kappa shape index (κ3) is 2.57. The van der Waals surface area contributed by atoms with Gasteiger partial charge in [0.25, 0.3) is 0 Å². The molecule has 1 aliphatic rings. The van der Waals surface area contributed by atoms with Crippen LogP contribution in [0.1, 0.15) is 20.8 Å². The van der Waals surface area contributed by atoms with E-state index in [4.69, 9.17) is 0 Å². The molecule has 0 spiro atoms. The highest BCUT2D eigenvalue weighted by atomic mass is 79.9. The lowest BCUT2D eigenvalue weighted by Crippen LogP contribution is -2.64. The fourth-order valence-corrected chi connectivity index (χ4v) is 2.91. The average Bonchev–Trinajstić information content (AvgIpc) is 2.33. The summed E-state index contributed by atoms with van der Waals surface area (Å²) in [5, 5.41) is 2.67. The van der Waals surface area contributed by atoms with E-state index in [-0.39, 0.29) is 17.7 Å². The van der Waals surface area contributed by atoms with Crippen LogP contribution in [0.15, 0.2) is 22.7 Å². The van der Waals surface area contributed by atoms with E-state index in [0.29, 0.717) is 10.2 Å². The Morgan fingerprint density at radius 1 is 1.35 bits per heavy atom. The first-order valence-electron chi connectivity index (χ1n) is 6.41. The lowest BCUT2D eigenvalue weighted by molar-refractivity contribution is -0.134. The summed E-state index contributed by atoms with van der Waals surface area (Å²) < 4.78 is 13.7. The van der Waals surface area contributed by atoms with Crippen molar-refractivity contribution < 1.29 is 14.0 Å². The molecule has 108 valence electrons. The minimum atomic E-state index is -0.597. The van der Waals surface area contributed by atoms with Crippen LogP contribution in [0, 0.1) is 11.7 Å². The van der Waals surface area contributed by atoms with Crippen LogP contribution in [0.25, 0.3) is 0 Å². The fraction of sp³-hybridized carbons (Fsp3) is 0.429. The smallest absolute Gasteiger partial charge is 0.250 e. The summed E-state index contributed by atoms with van der Waals surface area (Å²) in [5.41, 5.74) is 0.511. The molecule has 1 heterocycles. The number of nitrogens with zero attached hydrogens (tertiary/aromatic N) is 1. The molecular weight excluding hydrogens is 327 g/mol. The molecule has 0 aliphatic carbocycles. The average molecular weight is 343 g/mol. The zero-order valence-electron chi connectivity index (χ0n) is 11.5. The number of amides is 2. The monoisotopic (exact) mass is 342 g/mol. The van der Waals surface area contributed by atoms with Crippen molar-refractivity contribution in [3.8, 4) is 0 Å². The molecule has 2 atom stereocenters. The molecule has 1 aromatic rings. The second-order valence-corrected chi connectivity index (χ2v) is 6.08. The maximum absolute atomic E-state index is 13.2. The van der Waals surface area contributed by atoms with Gasteiger partial charge >= 0.3 is 0 Å². The molecule has 0 radical (unpaired) electrons. The van der Waals surface area contributed by atoms with Gasteiger partial charge in [0, 0.05) is 4.47 Å². The van der Waals surface area contributed by atoms with Gasteiger partial charge in [-0.05, 0) is 47.0 Å². The van der Waals surface area contributed by atoms with Crippen LogP contribution < -0.4 is 10.2 Å². The number of nitrogens with one attached hydrogen (secondary N) is 1. The van der Waals surface area contributed by atoms with Gasteiger partial charge in [-0.1, -0.05) is 13.8 Å². The minimum absolute atomic E-state index is 0.0524. The molecule has 0 saturated carbocycles. The minimum Gasteiger partial charge on any atom is -0.343 e. The van der Waals surface area contributed by atoms with Gasteiger partial charge < -0.3 is 5.32 Å². The molecule has 2 unspecified atom stereocenters. The zero-order valence-corrected chi connectivity index (χ0v) is 13.1. The molecule has 2 rings (SSSR count). The molecule has 0 aromatic heterocycles. The number of piperazine rings is 1. The molecule has 1 N–H and O–H groups in total. The van der Waals surface area contributed by atoms with E-state index in [0.717, 1.165) is 0 Å². The summed E-state index contributed by atoms with van der Waals surface area (Å²) in [5.74, 6) is -0.842. The van der Waals surface area contributed by atoms with Crippen molar-refractivity contribution in [1.29, 1.82) is 0 Å². The lowest BCUT2D eigenvalue weighted by Gasteiger charge is -2.40. The number of halogens is 2. The standard InChI is InChI=1S/C14H16BrFN2O2/c1-7(2)12-13(19)17-8(3)14(20)18(12)11-5-4-9(16)6-10(11)15/h4-8,12H,1-3H3,(H,17,19). The molecule has 1 aromatic carbocycles. The molecule has 4 nitrogen and oxygen atoms in total. The van der Waals surface area contributed by atoms with E-state index < -0.39 is 17.9 Å². The Morgan fingerprint density at radius 3 is 2.55 bits per heavy atom. The van der Waals surface area contributed by atoms with E-state index >= 15 is 0 Å². The summed E-state index contributed by atoms with van der Waals surface area (Å²) >= 11 is 3.26. The summed E-state index contributed by atoms with van der Waals surface area (Å²) in [6.45, 7) is 5.39. The number of hydrogen-bond donors (Lipinski definition) is 1. The second-order valence-electron chi connectivity index (χ2n) is 5.22. The van der Waals surface area contributed by atoms with Crippen LogP contribution in [0.2, 0.25) is 0 Å². The second kappa shape index (κ2) is 5.52. The summed E-state index contributed by atoms with van der Waals surface area (Å²) in [6.07, 6.45) is 0. The first kappa shape index (κ1) is 15.0. The molecule has 6 heteroatoms. The van der Waals surface area contributed by atoms with Gasteiger partial charge in [-0.15, -0.1) is 0 Å². The number of anilines is 1. The van der Waals surface area contributed by atoms with Crippen molar-refractivity contribution in [2.75, 3.05) is 4.90 Å². The van der Waals surface area contributed by atoms with Crippen molar-refractivity contribution in [1.82, 2.24) is 5.32 Å². The summed E-state index contributed by atoms with van der Waals surface area (Å²) in [7, 11) is 0. The van der Waals surface area contributed by atoms with Gasteiger partial charge in [0.15, 0.2) is 0 Å². The highest BCUT2D eigenvalue weighted by molar-refractivity contribution is 9.10. The Hall–Kier alpha value is -1.43. The van der Waals surface area contributed by atoms with Gasteiger partial charge in [0.05, 0.1) is 5.69 Å². The number of carbonyl (C=O) groups excluding carboxylic acids is 2. The normalized spacial score (nSPS) is 23.2. The fourth-order valence-electron chi connectivity index (χ4n) is 2.37. The lowest BCUT2D eigenvalue weighted by atomic mass is 9.96. The molecule has 0 bridgehead atoms. The van der Waals surface area contributed by atoms with Crippen molar-refractivity contribution in [3.63, 3.8) is 0 Å². The SMILES string of the molecule is CC1NC(=O)C(C(C)C)N(c2ccc(F)cc2Br)C1=O. The molecule has 1 fully saturated rings. The number of rotatable bonds is 2. The zero-order chi connectivity index (χ0) is 15.0. The third-order valence-corrected chi connectivity index (χ3v) is 3.95. The quantitative estimate of drug-likeness (QED) is 0.897. The Labute approximate surface area is 125 Å². The first-order chi connectivity index (χ1) is 9.32. The van der Waals surface area contributed by atoms with Gasteiger partial charge in [-0.25, -0.2) is 4.39 Å². The summed E-state index contributed by atoms with van der Waals surface area (Å²) in [4.78, 5) is 26.0. The molecule has 2 amide bonds. The van der Waals surface area contributed by atoms with Gasteiger partial charge in [-0.3, -0.25) is 14.5 Å². The third-order valence-electron chi connectivity index (χ3n) is 3.31. The van der Waals surface area contributed by atoms with Gasteiger partial charge in [0.2, 0.25) is 11.8 Å². The van der Waals surface area contributed by atoms with E-state index in [1.54, 1.807) is 6.92 Å². The topological polar surface area (TPSA) is 49.4 Å². The first-order valence-corrected chi connectivity index (χ1v) is 7.20. The van der Waals surface area contributed by atoms with Crippen LogP contribution in [-0.4, -0.2) is 23.9 Å². The Morgan fingerprint density at radius 2 is 2.00 bits per heavy atom. The van der Waals surface area contributed by atoms with E-state index in [1.807, 2.05) is 13.8 Å². The van der Waals surface area contributed by atoms with Gasteiger partial charge in [0.1, 0.15) is 17.9 Å². The van der Waals surface area contributed by atoms with Crippen molar-refractivity contribution in [2.45, 2.75) is 32.9 Å². The van der Waals surface area contributed by atoms with Crippen molar-refractivity contribution >= 4 is 33.4 Å². The number of hydrogen-bond acceptors (Lipinski definition) is 2.